The van der Waals surface area contributed by atoms with Crippen LogP contribution in [-0.2, 0) is 44.1 Å². The summed E-state index contributed by atoms with van der Waals surface area (Å²) in [6.45, 7) is -1.75. The molecule has 0 heterocycles. The van der Waals surface area contributed by atoms with Gasteiger partial charge in [0.1, 0.15) is 13.2 Å². The van der Waals surface area contributed by atoms with Crippen molar-refractivity contribution in [2.45, 2.75) is 62.7 Å². The van der Waals surface area contributed by atoms with E-state index in [1.807, 2.05) is 12.1 Å². The Bertz CT molecular complexity index is 2330. The number of esters is 2. The quantitative estimate of drug-likeness (QED) is 0.0476. The van der Waals surface area contributed by atoms with Gasteiger partial charge in [0.25, 0.3) is 0 Å². The van der Waals surface area contributed by atoms with E-state index in [2.05, 4.69) is 0 Å². The van der Waals surface area contributed by atoms with Crippen molar-refractivity contribution in [2.24, 2.45) is 0 Å². The Balaban J connectivity index is 1.38. The number of carbonyl (C=O) groups is 3. The van der Waals surface area contributed by atoms with Crippen LogP contribution in [0.25, 0.3) is 0 Å². The number of nitrogens with zero attached hydrogens (tertiary/aromatic N) is 2. The number of likely N-dealkylation sites (N-methyl/N-ethyl adjacent to an activating group) is 1. The van der Waals surface area contributed by atoms with Crippen LogP contribution in [0.3, 0.4) is 0 Å². The number of ether oxygens (including phenoxy) is 2. The van der Waals surface area contributed by atoms with Gasteiger partial charge < -0.3 is 14.4 Å². The van der Waals surface area contributed by atoms with Crippen molar-refractivity contribution >= 4 is 33.6 Å². The zero-order valence-corrected chi connectivity index (χ0v) is 32.6. The zero-order valence-electron chi connectivity index (χ0n) is 31.8. The first-order chi connectivity index (χ1) is 28.2. The molecule has 0 unspecified atom stereocenters. The van der Waals surface area contributed by atoms with Gasteiger partial charge in [-0.25, -0.2) is 40.0 Å². The second-order valence-corrected chi connectivity index (χ2v) is 16.1. The smallest absolute Gasteiger partial charge is 0.338 e. The highest BCUT2D eigenvalue weighted by Gasteiger charge is 2.37. The Morgan fingerprint density at radius 3 is 1.59 bits per heavy atom. The largest absolute Gasteiger partial charge is 0.457 e. The van der Waals surface area contributed by atoms with Crippen LogP contribution < -0.4 is 4.90 Å². The van der Waals surface area contributed by atoms with Crippen molar-refractivity contribution in [3.05, 3.63) is 166 Å². The van der Waals surface area contributed by atoms with Gasteiger partial charge in [-0.05, 0) is 59.2 Å². The number of carbonyl (C=O) groups excluding carboxylic acids is 3. The topological polar surface area (TPSA) is 110 Å². The van der Waals surface area contributed by atoms with Crippen LogP contribution in [0.5, 0.6) is 0 Å². The fourth-order valence-corrected chi connectivity index (χ4v) is 8.00. The molecule has 0 N–H and O–H groups in total. The molecule has 5 aromatic carbocycles. The Hall–Kier alpha value is -5.93. The van der Waals surface area contributed by atoms with Gasteiger partial charge in [0.15, 0.2) is 28.2 Å². The van der Waals surface area contributed by atoms with E-state index >= 15 is 0 Å². The average Bonchev–Trinajstić information content (AvgIpc) is 3.26. The van der Waals surface area contributed by atoms with Gasteiger partial charge in [-0.15, -0.1) is 0 Å². The molecule has 1 fully saturated rings. The van der Waals surface area contributed by atoms with E-state index in [0.717, 1.165) is 49.6 Å². The summed E-state index contributed by atoms with van der Waals surface area (Å²) < 4.78 is 110. The Morgan fingerprint density at radius 1 is 0.627 bits per heavy atom. The number of benzene rings is 5. The third-order valence-electron chi connectivity index (χ3n) is 10.0. The molecule has 1 amide bonds. The van der Waals surface area contributed by atoms with Crippen molar-refractivity contribution in [2.75, 3.05) is 18.5 Å². The minimum atomic E-state index is -5.53. The van der Waals surface area contributed by atoms with Crippen molar-refractivity contribution < 1.29 is 54.2 Å². The minimum absolute atomic E-state index is 0.103. The molecule has 1 aliphatic rings. The summed E-state index contributed by atoms with van der Waals surface area (Å²) in [7, 11) is -4.81. The van der Waals surface area contributed by atoms with Crippen LogP contribution >= 0.6 is 0 Å². The van der Waals surface area contributed by atoms with E-state index < -0.39 is 68.4 Å². The summed E-state index contributed by atoms with van der Waals surface area (Å²) in [5.41, 5.74) is 2.47. The molecule has 0 atom stereocenters. The van der Waals surface area contributed by atoms with E-state index in [1.54, 1.807) is 72.8 Å². The fourth-order valence-electron chi connectivity index (χ4n) is 6.78. The molecule has 0 aliphatic heterocycles. The molecule has 0 bridgehead atoms. The van der Waals surface area contributed by atoms with E-state index in [0.29, 0.717) is 22.6 Å². The van der Waals surface area contributed by atoms with Gasteiger partial charge in [-0.2, -0.15) is 4.31 Å². The van der Waals surface area contributed by atoms with Gasteiger partial charge >= 0.3 is 11.9 Å². The second-order valence-electron chi connectivity index (χ2n) is 14.1. The molecule has 0 radical (unpaired) electrons. The lowest BCUT2D eigenvalue weighted by Gasteiger charge is -2.27. The first-order valence-corrected chi connectivity index (χ1v) is 20.1. The van der Waals surface area contributed by atoms with Crippen LogP contribution in [0.15, 0.2) is 108 Å². The van der Waals surface area contributed by atoms with Gasteiger partial charge in [0, 0.05) is 12.7 Å². The molecule has 59 heavy (non-hydrogen) atoms. The Labute approximate surface area is 338 Å². The summed E-state index contributed by atoms with van der Waals surface area (Å²) in [6.07, 6.45) is 5.38. The van der Waals surface area contributed by atoms with Gasteiger partial charge in [0.05, 0.1) is 24.2 Å². The molecule has 0 spiro atoms. The van der Waals surface area contributed by atoms with Crippen molar-refractivity contribution in [3.8, 4) is 0 Å². The number of rotatable bonds is 14. The lowest BCUT2D eigenvalue weighted by molar-refractivity contribution is -0.118. The summed E-state index contributed by atoms with van der Waals surface area (Å²) in [6, 6.07) is 28.5. The van der Waals surface area contributed by atoms with E-state index in [-0.39, 0.29) is 40.9 Å². The molecule has 6 rings (SSSR count). The number of halogens is 5. The minimum Gasteiger partial charge on any atom is -0.457 e. The second kappa shape index (κ2) is 18.8. The van der Waals surface area contributed by atoms with Crippen molar-refractivity contribution in [3.63, 3.8) is 0 Å². The molecular formula is C44H39F5N2O7S. The maximum atomic E-state index is 14.7. The fraction of sp³-hybridized carbons (Fsp3) is 0.250. The standard InChI is InChI=1S/C44H39F5N2O7S/c1-50(59(55,56)42-40(48)38(46)37(45)39(47)41(42)49)25-36(52)51(24-28-17-19-32(20-18-28)31-15-9-4-10-16-31)35-22-33(43(53)57-26-29-11-5-2-6-12-29)21-34(23-35)44(54)58-27-30-13-7-3-8-14-30/h2-3,5-8,11-14,17-23,31H,4,9-10,15-16,24-27H2,1H3. The Morgan fingerprint density at radius 2 is 1.10 bits per heavy atom. The first-order valence-electron chi connectivity index (χ1n) is 18.7. The molecule has 15 heteroatoms. The molecule has 5 aromatic rings. The Kier molecular flexibility index (Phi) is 13.6. The lowest BCUT2D eigenvalue weighted by Crippen LogP contribution is -2.41. The van der Waals surface area contributed by atoms with E-state index in [9.17, 15) is 44.8 Å². The maximum Gasteiger partial charge on any atom is 0.338 e. The number of anilines is 1. The van der Waals surface area contributed by atoms with Gasteiger partial charge in [0.2, 0.25) is 21.7 Å². The van der Waals surface area contributed by atoms with Crippen LogP contribution in [0.1, 0.15) is 81.0 Å². The molecule has 1 aliphatic carbocycles. The van der Waals surface area contributed by atoms with Crippen molar-refractivity contribution in [1.29, 1.82) is 0 Å². The lowest BCUT2D eigenvalue weighted by atomic mass is 9.84. The first kappa shape index (κ1) is 42.7. The number of hydrogen-bond donors (Lipinski definition) is 0. The molecule has 9 nitrogen and oxygen atoms in total. The van der Waals surface area contributed by atoms with Gasteiger partial charge in [-0.3, -0.25) is 4.79 Å². The van der Waals surface area contributed by atoms with Crippen LogP contribution in [0.4, 0.5) is 27.6 Å². The van der Waals surface area contributed by atoms with E-state index in [1.165, 1.54) is 18.2 Å². The molecule has 0 aromatic heterocycles. The number of hydrogen-bond acceptors (Lipinski definition) is 7. The van der Waals surface area contributed by atoms with Crippen LogP contribution in [0.2, 0.25) is 0 Å². The highest BCUT2D eigenvalue weighted by molar-refractivity contribution is 7.89. The third-order valence-corrected chi connectivity index (χ3v) is 11.8. The predicted molar refractivity (Wildman–Crippen MR) is 207 cm³/mol. The van der Waals surface area contributed by atoms with E-state index in [4.69, 9.17) is 9.47 Å². The average molecular weight is 835 g/mol. The molecular weight excluding hydrogens is 796 g/mol. The summed E-state index contributed by atoms with van der Waals surface area (Å²) >= 11 is 0. The number of sulfonamides is 1. The molecule has 0 saturated heterocycles. The zero-order chi connectivity index (χ0) is 42.3. The SMILES string of the molecule is CN(CC(=O)N(Cc1ccc(C2CCCCC2)cc1)c1cc(C(=O)OCc2ccccc2)cc(C(=O)OCc2ccccc2)c1)S(=O)(=O)c1c(F)c(F)c(F)c(F)c1F. The summed E-state index contributed by atoms with van der Waals surface area (Å²) in [4.78, 5) is 40.3. The summed E-state index contributed by atoms with van der Waals surface area (Å²) in [5.74, 6) is -15.2. The maximum absolute atomic E-state index is 14.7. The van der Waals surface area contributed by atoms with Crippen LogP contribution in [0, 0.1) is 29.1 Å². The van der Waals surface area contributed by atoms with Crippen molar-refractivity contribution in [1.82, 2.24) is 4.31 Å². The predicted octanol–water partition coefficient (Wildman–Crippen LogP) is 9.00. The monoisotopic (exact) mass is 834 g/mol. The normalized spacial score (nSPS) is 13.3. The van der Waals surface area contributed by atoms with Crippen LogP contribution in [-0.4, -0.2) is 44.2 Å². The highest BCUT2D eigenvalue weighted by atomic mass is 32.2. The summed E-state index contributed by atoms with van der Waals surface area (Å²) in [5, 5.41) is 0. The third kappa shape index (κ3) is 10.0. The molecule has 1 saturated carbocycles. The highest BCUT2D eigenvalue weighted by Crippen LogP contribution is 2.34. The molecule has 308 valence electrons. The number of amides is 1. The van der Waals surface area contributed by atoms with Gasteiger partial charge in [-0.1, -0.05) is 104 Å².